The van der Waals surface area contributed by atoms with Crippen molar-refractivity contribution in [2.24, 2.45) is 0 Å². The Kier molecular flexibility index (Phi) is 4.05. The molecule has 0 aliphatic rings. The molecular weight excluding hydrogens is 192 g/mol. The van der Waals surface area contributed by atoms with Crippen molar-refractivity contribution in [3.63, 3.8) is 0 Å². The average molecular weight is 210 g/mol. The van der Waals surface area contributed by atoms with Crippen LogP contribution in [0.5, 0.6) is 0 Å². The first-order chi connectivity index (χ1) is 7.17. The fraction of sp³-hybridized carbons (Fsp3) is 0.545. The van der Waals surface area contributed by atoms with Crippen molar-refractivity contribution in [2.45, 2.75) is 25.8 Å². The minimum Gasteiger partial charge on any atom is -0.394 e. The Labute approximate surface area is 90.0 Å². The van der Waals surface area contributed by atoms with Gasteiger partial charge < -0.3 is 15.5 Å². The molecule has 0 aliphatic carbocycles. The van der Waals surface area contributed by atoms with E-state index in [1.807, 2.05) is 26.0 Å². The van der Waals surface area contributed by atoms with E-state index in [4.69, 9.17) is 0 Å². The van der Waals surface area contributed by atoms with Crippen LogP contribution >= 0.6 is 0 Å². The fourth-order valence-electron chi connectivity index (χ4n) is 1.31. The van der Waals surface area contributed by atoms with Crippen molar-refractivity contribution in [1.82, 2.24) is 4.98 Å². The molecule has 0 bridgehead atoms. The van der Waals surface area contributed by atoms with Gasteiger partial charge in [-0.15, -0.1) is 0 Å². The predicted octanol–water partition coefficient (Wildman–Crippen LogP) is 0.935. The van der Waals surface area contributed by atoms with Gasteiger partial charge in [0.05, 0.1) is 18.8 Å². The molecule has 15 heavy (non-hydrogen) atoms. The van der Waals surface area contributed by atoms with Crippen LogP contribution in [0.4, 0.5) is 5.82 Å². The maximum atomic E-state index is 9.28. The summed E-state index contributed by atoms with van der Waals surface area (Å²) in [5.74, 6) is 0.711. The molecule has 1 heterocycles. The smallest absolute Gasteiger partial charge is 0.129 e. The van der Waals surface area contributed by atoms with Crippen molar-refractivity contribution < 1.29 is 10.2 Å². The van der Waals surface area contributed by atoms with Gasteiger partial charge in [0.15, 0.2) is 0 Å². The van der Waals surface area contributed by atoms with Crippen LogP contribution < -0.4 is 5.32 Å². The highest BCUT2D eigenvalue weighted by Gasteiger charge is 2.26. The third kappa shape index (κ3) is 2.67. The van der Waals surface area contributed by atoms with E-state index < -0.39 is 5.54 Å². The van der Waals surface area contributed by atoms with Gasteiger partial charge in [0.2, 0.25) is 0 Å². The maximum absolute atomic E-state index is 9.28. The largest absolute Gasteiger partial charge is 0.394 e. The number of aliphatic hydroxyl groups is 2. The Morgan fingerprint density at radius 1 is 1.40 bits per heavy atom. The van der Waals surface area contributed by atoms with Crippen LogP contribution in [0.2, 0.25) is 0 Å². The van der Waals surface area contributed by atoms with E-state index in [0.717, 1.165) is 5.56 Å². The second-order valence-corrected chi connectivity index (χ2v) is 3.74. The quantitative estimate of drug-likeness (QED) is 0.676. The van der Waals surface area contributed by atoms with Gasteiger partial charge in [-0.1, -0.05) is 13.0 Å². The van der Waals surface area contributed by atoms with Gasteiger partial charge >= 0.3 is 0 Å². The molecule has 0 radical (unpaired) electrons. The molecule has 0 saturated carbocycles. The number of aliphatic hydroxyl groups excluding tert-OH is 2. The lowest BCUT2D eigenvalue weighted by molar-refractivity contribution is 0.132. The lowest BCUT2D eigenvalue weighted by Crippen LogP contribution is -2.45. The predicted molar refractivity (Wildman–Crippen MR) is 59.8 cm³/mol. The topological polar surface area (TPSA) is 65.4 Å². The second-order valence-electron chi connectivity index (χ2n) is 3.74. The van der Waals surface area contributed by atoms with Gasteiger partial charge in [0.25, 0.3) is 0 Å². The lowest BCUT2D eigenvalue weighted by Gasteiger charge is -2.30. The first-order valence-corrected chi connectivity index (χ1v) is 5.09. The van der Waals surface area contributed by atoms with Crippen LogP contribution in [-0.2, 0) is 0 Å². The molecule has 4 heteroatoms. The van der Waals surface area contributed by atoms with Crippen LogP contribution in [-0.4, -0.2) is 33.9 Å². The summed E-state index contributed by atoms with van der Waals surface area (Å²) in [5, 5.41) is 21.7. The van der Waals surface area contributed by atoms with E-state index in [1.165, 1.54) is 0 Å². The second kappa shape index (κ2) is 5.09. The first-order valence-electron chi connectivity index (χ1n) is 5.09. The van der Waals surface area contributed by atoms with E-state index in [9.17, 15) is 10.2 Å². The standard InChI is InChI=1S/C11H18N2O2/c1-3-11(7-14,8-15)13-10-9(2)5-4-6-12-10/h4-6,14-15H,3,7-8H2,1-2H3,(H,12,13). The third-order valence-corrected chi connectivity index (χ3v) is 2.68. The molecule has 0 spiro atoms. The normalized spacial score (nSPS) is 11.5. The summed E-state index contributed by atoms with van der Waals surface area (Å²) in [4.78, 5) is 4.17. The number of anilines is 1. The average Bonchev–Trinajstić information content (AvgIpc) is 2.29. The van der Waals surface area contributed by atoms with Gasteiger partial charge in [-0.25, -0.2) is 4.98 Å². The van der Waals surface area contributed by atoms with Crippen LogP contribution in [0, 0.1) is 6.92 Å². The molecule has 0 atom stereocenters. The van der Waals surface area contributed by atoms with E-state index in [-0.39, 0.29) is 13.2 Å². The number of nitrogens with one attached hydrogen (secondary N) is 1. The molecule has 3 N–H and O–H groups in total. The SMILES string of the molecule is CCC(CO)(CO)Nc1ncccc1C. The molecule has 84 valence electrons. The Morgan fingerprint density at radius 3 is 2.53 bits per heavy atom. The van der Waals surface area contributed by atoms with Gasteiger partial charge in [-0.05, 0) is 25.0 Å². The van der Waals surface area contributed by atoms with Crippen molar-refractivity contribution >= 4 is 5.82 Å². The Hall–Kier alpha value is -1.13. The van der Waals surface area contributed by atoms with Crippen LogP contribution in [0.25, 0.3) is 0 Å². The molecule has 4 nitrogen and oxygen atoms in total. The fourth-order valence-corrected chi connectivity index (χ4v) is 1.31. The Balaban J connectivity index is 2.88. The van der Waals surface area contributed by atoms with Crippen molar-refractivity contribution in [2.75, 3.05) is 18.5 Å². The van der Waals surface area contributed by atoms with Gasteiger partial charge in [-0.3, -0.25) is 0 Å². The van der Waals surface area contributed by atoms with Crippen molar-refractivity contribution in [3.8, 4) is 0 Å². The zero-order chi connectivity index (χ0) is 11.3. The summed E-state index contributed by atoms with van der Waals surface area (Å²) >= 11 is 0. The molecule has 0 saturated heterocycles. The Morgan fingerprint density at radius 2 is 2.07 bits per heavy atom. The third-order valence-electron chi connectivity index (χ3n) is 2.68. The molecule has 0 aromatic carbocycles. The summed E-state index contributed by atoms with van der Waals surface area (Å²) in [6.07, 6.45) is 2.32. The molecule has 0 aliphatic heterocycles. The summed E-state index contributed by atoms with van der Waals surface area (Å²) in [5.41, 5.74) is 0.316. The highest BCUT2D eigenvalue weighted by atomic mass is 16.3. The summed E-state index contributed by atoms with van der Waals surface area (Å²) in [6, 6.07) is 3.79. The number of hydrogen-bond donors (Lipinski definition) is 3. The Bertz CT molecular complexity index is 303. The number of nitrogens with zero attached hydrogens (tertiary/aromatic N) is 1. The molecule has 0 amide bonds. The van der Waals surface area contributed by atoms with Crippen LogP contribution in [0.3, 0.4) is 0 Å². The van der Waals surface area contributed by atoms with E-state index >= 15 is 0 Å². The monoisotopic (exact) mass is 210 g/mol. The molecule has 0 unspecified atom stereocenters. The van der Waals surface area contributed by atoms with Crippen LogP contribution in [0.1, 0.15) is 18.9 Å². The highest BCUT2D eigenvalue weighted by molar-refractivity contribution is 5.45. The number of rotatable bonds is 5. The number of aromatic nitrogens is 1. The number of aryl methyl sites for hydroxylation is 1. The lowest BCUT2D eigenvalue weighted by atomic mass is 9.98. The van der Waals surface area contributed by atoms with Crippen molar-refractivity contribution in [1.29, 1.82) is 0 Å². The molecular formula is C11H18N2O2. The minimum atomic E-state index is -0.681. The van der Waals surface area contributed by atoms with Gasteiger partial charge in [0.1, 0.15) is 5.82 Å². The maximum Gasteiger partial charge on any atom is 0.129 e. The zero-order valence-electron chi connectivity index (χ0n) is 9.20. The van der Waals surface area contributed by atoms with Gasteiger partial charge in [-0.2, -0.15) is 0 Å². The first kappa shape index (κ1) is 11.9. The van der Waals surface area contributed by atoms with E-state index in [2.05, 4.69) is 10.3 Å². The van der Waals surface area contributed by atoms with Gasteiger partial charge in [0, 0.05) is 6.20 Å². The number of hydrogen-bond acceptors (Lipinski definition) is 4. The molecule has 1 rings (SSSR count). The van der Waals surface area contributed by atoms with Crippen LogP contribution in [0.15, 0.2) is 18.3 Å². The number of pyridine rings is 1. The zero-order valence-corrected chi connectivity index (χ0v) is 9.20. The molecule has 1 aromatic rings. The highest BCUT2D eigenvalue weighted by Crippen LogP contribution is 2.18. The molecule has 1 aromatic heterocycles. The summed E-state index contributed by atoms with van der Waals surface area (Å²) < 4.78 is 0. The summed E-state index contributed by atoms with van der Waals surface area (Å²) in [7, 11) is 0. The van der Waals surface area contributed by atoms with E-state index in [0.29, 0.717) is 12.2 Å². The minimum absolute atomic E-state index is 0.115. The summed E-state index contributed by atoms with van der Waals surface area (Å²) in [6.45, 7) is 3.62. The van der Waals surface area contributed by atoms with E-state index in [1.54, 1.807) is 6.20 Å². The van der Waals surface area contributed by atoms with Crippen molar-refractivity contribution in [3.05, 3.63) is 23.9 Å². The molecule has 0 fully saturated rings.